The van der Waals surface area contributed by atoms with Gasteiger partial charge in [0.2, 0.25) is 0 Å². The predicted molar refractivity (Wildman–Crippen MR) is 71.2 cm³/mol. The molecule has 0 aliphatic rings. The highest BCUT2D eigenvalue weighted by Crippen LogP contribution is 2.16. The van der Waals surface area contributed by atoms with Crippen LogP contribution < -0.4 is 0 Å². The summed E-state index contributed by atoms with van der Waals surface area (Å²) < 4.78 is 0. The van der Waals surface area contributed by atoms with Crippen molar-refractivity contribution in [2.24, 2.45) is 0 Å². The van der Waals surface area contributed by atoms with E-state index in [-0.39, 0.29) is 5.78 Å². The first-order valence-corrected chi connectivity index (χ1v) is 6.81. The molecule has 1 rings (SSSR count). The molecule has 86 valence electrons. The van der Waals surface area contributed by atoms with Crippen LogP contribution >= 0.6 is 11.8 Å². The molecular formula is C14H18OS. The summed E-state index contributed by atoms with van der Waals surface area (Å²) in [6.45, 7) is 4.17. The third-order valence-corrected chi connectivity index (χ3v) is 3.36. The zero-order valence-electron chi connectivity index (χ0n) is 10.1. The number of thioether (sulfide) groups is 1. The minimum atomic E-state index is 0.117. The van der Waals surface area contributed by atoms with E-state index in [1.807, 2.05) is 30.5 Å². The summed E-state index contributed by atoms with van der Waals surface area (Å²) in [4.78, 5) is 13.1. The average molecular weight is 234 g/mol. The van der Waals surface area contributed by atoms with Crippen LogP contribution in [0.5, 0.6) is 0 Å². The molecule has 0 heterocycles. The molecule has 0 saturated carbocycles. The Bertz CT molecular complexity index is 370. The van der Waals surface area contributed by atoms with Crippen LogP contribution in [0.4, 0.5) is 0 Å². The van der Waals surface area contributed by atoms with Crippen LogP contribution in [0.3, 0.4) is 0 Å². The Morgan fingerprint density at radius 3 is 2.19 bits per heavy atom. The van der Waals surface area contributed by atoms with Crippen LogP contribution in [0.1, 0.15) is 37.0 Å². The van der Waals surface area contributed by atoms with E-state index in [4.69, 9.17) is 0 Å². The number of carbonyl (C=O) groups excluding carboxylic acids is 1. The lowest BCUT2D eigenvalue weighted by Gasteiger charge is -2.01. The summed E-state index contributed by atoms with van der Waals surface area (Å²) in [5, 5.41) is 0. The molecule has 0 N–H and O–H groups in total. The Balaban J connectivity index is 2.84. The highest BCUT2D eigenvalue weighted by atomic mass is 32.2. The normalized spacial score (nSPS) is 9.94. The van der Waals surface area contributed by atoms with E-state index in [1.54, 1.807) is 17.8 Å². The average Bonchev–Trinajstić information content (AvgIpc) is 2.35. The van der Waals surface area contributed by atoms with Gasteiger partial charge in [0.05, 0.1) is 0 Å². The van der Waals surface area contributed by atoms with Gasteiger partial charge in [-0.05, 0) is 49.4 Å². The Morgan fingerprint density at radius 2 is 1.75 bits per heavy atom. The lowest BCUT2D eigenvalue weighted by Crippen LogP contribution is -1.96. The second kappa shape index (κ2) is 6.54. The number of hydrogen-bond donors (Lipinski definition) is 0. The highest BCUT2D eigenvalue weighted by Gasteiger charge is 2.03. The molecule has 0 amide bonds. The molecule has 0 aromatic heterocycles. The van der Waals surface area contributed by atoms with Gasteiger partial charge in [0, 0.05) is 10.5 Å². The van der Waals surface area contributed by atoms with Crippen molar-refractivity contribution in [2.75, 3.05) is 6.26 Å². The van der Waals surface area contributed by atoms with Crippen molar-refractivity contribution in [2.45, 2.75) is 31.6 Å². The summed E-state index contributed by atoms with van der Waals surface area (Å²) in [5.41, 5.74) is 1.98. The van der Waals surface area contributed by atoms with Gasteiger partial charge in [-0.2, -0.15) is 0 Å². The van der Waals surface area contributed by atoms with Crippen LogP contribution in [0.2, 0.25) is 0 Å². The molecule has 1 aromatic carbocycles. The highest BCUT2D eigenvalue weighted by molar-refractivity contribution is 7.98. The van der Waals surface area contributed by atoms with Crippen molar-refractivity contribution in [3.8, 4) is 0 Å². The Morgan fingerprint density at radius 1 is 1.19 bits per heavy atom. The van der Waals surface area contributed by atoms with Crippen LogP contribution in [0.25, 0.3) is 0 Å². The summed E-state index contributed by atoms with van der Waals surface area (Å²) in [7, 11) is 0. The monoisotopic (exact) mass is 234 g/mol. The molecule has 0 unspecified atom stereocenters. The Hall–Kier alpha value is -1.02. The van der Waals surface area contributed by atoms with Crippen molar-refractivity contribution in [3.63, 3.8) is 0 Å². The number of benzene rings is 1. The summed E-state index contributed by atoms with van der Waals surface area (Å²) >= 11 is 1.69. The maximum atomic E-state index is 11.9. The summed E-state index contributed by atoms with van der Waals surface area (Å²) in [5.74, 6) is 0.117. The standard InChI is InChI=1S/C14H18OS/c1-4-11(5-2)10-14(15)12-6-8-13(16-3)9-7-12/h6-10H,4-5H2,1-3H3. The first-order valence-electron chi connectivity index (χ1n) is 5.59. The smallest absolute Gasteiger partial charge is 0.185 e. The molecule has 0 fully saturated rings. The number of rotatable bonds is 5. The first kappa shape index (κ1) is 13.0. The molecule has 0 bridgehead atoms. The summed E-state index contributed by atoms with van der Waals surface area (Å²) in [6, 6.07) is 7.77. The van der Waals surface area contributed by atoms with Crippen molar-refractivity contribution in [1.82, 2.24) is 0 Å². The maximum absolute atomic E-state index is 11.9. The largest absolute Gasteiger partial charge is 0.289 e. The van der Waals surface area contributed by atoms with Crippen LogP contribution in [-0.4, -0.2) is 12.0 Å². The van der Waals surface area contributed by atoms with Gasteiger partial charge in [-0.25, -0.2) is 0 Å². The molecule has 16 heavy (non-hydrogen) atoms. The van der Waals surface area contributed by atoms with E-state index >= 15 is 0 Å². The zero-order valence-corrected chi connectivity index (χ0v) is 10.9. The van der Waals surface area contributed by atoms with E-state index < -0.39 is 0 Å². The molecule has 2 heteroatoms. The fourth-order valence-corrected chi connectivity index (χ4v) is 1.89. The SMILES string of the molecule is CCC(=CC(=O)c1ccc(SC)cc1)CC. The fourth-order valence-electron chi connectivity index (χ4n) is 1.48. The maximum Gasteiger partial charge on any atom is 0.185 e. The molecule has 0 spiro atoms. The molecule has 0 atom stereocenters. The van der Waals surface area contributed by atoms with Gasteiger partial charge in [-0.1, -0.05) is 19.4 Å². The molecule has 0 aliphatic carbocycles. The van der Waals surface area contributed by atoms with Crippen LogP contribution in [0, 0.1) is 0 Å². The molecule has 0 aliphatic heterocycles. The van der Waals surface area contributed by atoms with Crippen molar-refractivity contribution in [3.05, 3.63) is 41.5 Å². The molecular weight excluding hydrogens is 216 g/mol. The van der Waals surface area contributed by atoms with E-state index in [1.165, 1.54) is 10.5 Å². The minimum absolute atomic E-state index is 0.117. The molecule has 1 nitrogen and oxygen atoms in total. The van der Waals surface area contributed by atoms with Crippen LogP contribution in [-0.2, 0) is 0 Å². The van der Waals surface area contributed by atoms with Crippen molar-refractivity contribution >= 4 is 17.5 Å². The van der Waals surface area contributed by atoms with Crippen molar-refractivity contribution < 1.29 is 4.79 Å². The van der Waals surface area contributed by atoms with E-state index in [0.29, 0.717) is 0 Å². The van der Waals surface area contributed by atoms with Gasteiger partial charge in [-0.15, -0.1) is 11.8 Å². The van der Waals surface area contributed by atoms with Gasteiger partial charge < -0.3 is 0 Å². The van der Waals surface area contributed by atoms with Gasteiger partial charge in [0.1, 0.15) is 0 Å². The quantitative estimate of drug-likeness (QED) is 0.428. The lowest BCUT2D eigenvalue weighted by molar-refractivity contribution is 0.104. The second-order valence-electron chi connectivity index (χ2n) is 3.60. The molecule has 0 radical (unpaired) electrons. The van der Waals surface area contributed by atoms with Gasteiger partial charge >= 0.3 is 0 Å². The zero-order chi connectivity index (χ0) is 12.0. The molecule has 1 aromatic rings. The topological polar surface area (TPSA) is 17.1 Å². The minimum Gasteiger partial charge on any atom is -0.289 e. The van der Waals surface area contributed by atoms with E-state index in [0.717, 1.165) is 18.4 Å². The Labute approximate surface area is 102 Å². The van der Waals surface area contributed by atoms with E-state index in [2.05, 4.69) is 13.8 Å². The van der Waals surface area contributed by atoms with Gasteiger partial charge in [0.25, 0.3) is 0 Å². The Kier molecular flexibility index (Phi) is 5.33. The molecule has 0 saturated heterocycles. The number of allylic oxidation sites excluding steroid dienone is 2. The number of carbonyl (C=O) groups is 1. The van der Waals surface area contributed by atoms with E-state index in [9.17, 15) is 4.79 Å². The lowest BCUT2D eigenvalue weighted by atomic mass is 10.1. The summed E-state index contributed by atoms with van der Waals surface area (Å²) in [6.07, 6.45) is 5.70. The first-order chi connectivity index (χ1) is 7.71. The van der Waals surface area contributed by atoms with Gasteiger partial charge in [-0.3, -0.25) is 4.79 Å². The number of hydrogen-bond acceptors (Lipinski definition) is 2. The predicted octanol–water partition coefficient (Wildman–Crippen LogP) is 4.34. The van der Waals surface area contributed by atoms with Crippen molar-refractivity contribution in [1.29, 1.82) is 0 Å². The van der Waals surface area contributed by atoms with Crippen LogP contribution in [0.15, 0.2) is 40.8 Å². The number of ketones is 1. The van der Waals surface area contributed by atoms with Gasteiger partial charge in [0.15, 0.2) is 5.78 Å². The third-order valence-electron chi connectivity index (χ3n) is 2.62. The second-order valence-corrected chi connectivity index (χ2v) is 4.48. The fraction of sp³-hybridized carbons (Fsp3) is 0.357. The third kappa shape index (κ3) is 3.53.